The Labute approximate surface area is 143 Å². The third-order valence-corrected chi connectivity index (χ3v) is 4.74. The molecule has 0 radical (unpaired) electrons. The molecule has 1 aliphatic carbocycles. The maximum atomic E-state index is 11.3. The predicted octanol–water partition coefficient (Wildman–Crippen LogP) is 4.12. The zero-order chi connectivity index (χ0) is 17.3. The van der Waals surface area contributed by atoms with Crippen molar-refractivity contribution < 1.29 is 9.90 Å². The lowest BCUT2D eigenvalue weighted by Gasteiger charge is -2.27. The number of hydrogen-bond acceptors (Lipinski definition) is 2. The summed E-state index contributed by atoms with van der Waals surface area (Å²) in [5.41, 5.74) is 4.62. The van der Waals surface area contributed by atoms with Gasteiger partial charge in [-0.1, -0.05) is 30.3 Å². The van der Waals surface area contributed by atoms with E-state index in [9.17, 15) is 9.90 Å². The predicted molar refractivity (Wildman–Crippen MR) is 94.4 cm³/mol. The van der Waals surface area contributed by atoms with E-state index in [1.807, 2.05) is 18.2 Å². The molecular weight excluding hydrogens is 300 g/mol. The molecule has 128 valence electrons. The largest absolute Gasteiger partial charge is 0.481 e. The van der Waals surface area contributed by atoms with Gasteiger partial charge in [-0.3, -0.25) is 9.48 Å². The Morgan fingerprint density at radius 1 is 1.29 bits per heavy atom. The van der Waals surface area contributed by atoms with Crippen LogP contribution >= 0.6 is 0 Å². The number of aliphatic carboxylic acids is 1. The molecule has 1 N–H and O–H groups in total. The minimum absolute atomic E-state index is 0.0843. The second-order valence-corrected chi connectivity index (χ2v) is 7.74. The fourth-order valence-corrected chi connectivity index (χ4v) is 3.78. The summed E-state index contributed by atoms with van der Waals surface area (Å²) in [6.45, 7) is 6.48. The number of nitrogens with zero attached hydrogens (tertiary/aromatic N) is 2. The van der Waals surface area contributed by atoms with Crippen molar-refractivity contribution in [3.8, 4) is 0 Å². The van der Waals surface area contributed by atoms with Crippen molar-refractivity contribution in [2.45, 2.75) is 64.3 Å². The van der Waals surface area contributed by atoms with E-state index in [0.29, 0.717) is 0 Å². The standard InChI is InChI=1S/C20H26N2O2/c1-20(2,3)22-17-11-7-10-15(13-18(23)24)19(17)16(21-22)12-14-8-5-4-6-9-14/h4-6,8-9,15H,7,10-13H2,1-3H3,(H,23,24). The molecule has 4 nitrogen and oxygen atoms in total. The zero-order valence-electron chi connectivity index (χ0n) is 14.7. The van der Waals surface area contributed by atoms with E-state index < -0.39 is 5.97 Å². The van der Waals surface area contributed by atoms with Crippen LogP contribution < -0.4 is 0 Å². The number of fused-ring (bicyclic) bond motifs is 1. The van der Waals surface area contributed by atoms with Crippen molar-refractivity contribution in [1.29, 1.82) is 0 Å². The highest BCUT2D eigenvalue weighted by Gasteiger charge is 2.32. The molecule has 2 aromatic rings. The molecule has 0 amide bonds. The molecule has 0 spiro atoms. The maximum Gasteiger partial charge on any atom is 0.303 e. The van der Waals surface area contributed by atoms with Crippen LogP contribution in [-0.2, 0) is 23.2 Å². The van der Waals surface area contributed by atoms with E-state index in [4.69, 9.17) is 5.10 Å². The highest BCUT2D eigenvalue weighted by Crippen LogP contribution is 2.39. The van der Waals surface area contributed by atoms with Crippen molar-refractivity contribution in [3.05, 3.63) is 52.8 Å². The van der Waals surface area contributed by atoms with Gasteiger partial charge < -0.3 is 5.11 Å². The van der Waals surface area contributed by atoms with Gasteiger partial charge in [0.2, 0.25) is 0 Å². The normalized spacial score (nSPS) is 17.5. The summed E-state index contributed by atoms with van der Waals surface area (Å²) in [5.74, 6) is -0.636. The van der Waals surface area contributed by atoms with E-state index >= 15 is 0 Å². The number of aromatic nitrogens is 2. The van der Waals surface area contributed by atoms with Crippen molar-refractivity contribution in [2.75, 3.05) is 0 Å². The molecule has 1 atom stereocenters. The summed E-state index contributed by atoms with van der Waals surface area (Å²) >= 11 is 0. The molecule has 1 aromatic heterocycles. The summed E-state index contributed by atoms with van der Waals surface area (Å²) in [6.07, 6.45) is 3.94. The molecule has 0 aliphatic heterocycles. The van der Waals surface area contributed by atoms with Crippen LogP contribution in [0.3, 0.4) is 0 Å². The van der Waals surface area contributed by atoms with Crippen LogP contribution in [0.5, 0.6) is 0 Å². The van der Waals surface area contributed by atoms with Gasteiger partial charge in [-0.05, 0) is 51.5 Å². The van der Waals surface area contributed by atoms with Crippen molar-refractivity contribution in [1.82, 2.24) is 9.78 Å². The first-order valence-electron chi connectivity index (χ1n) is 8.73. The zero-order valence-corrected chi connectivity index (χ0v) is 14.7. The SMILES string of the molecule is CC(C)(C)n1nc(Cc2ccccc2)c2c1CCCC2CC(=O)O. The number of hydrogen-bond donors (Lipinski definition) is 1. The second kappa shape index (κ2) is 6.42. The summed E-state index contributed by atoms with van der Waals surface area (Å²) in [6, 6.07) is 10.3. The first-order chi connectivity index (χ1) is 11.4. The van der Waals surface area contributed by atoms with E-state index in [1.54, 1.807) is 0 Å². The molecule has 0 saturated heterocycles. The molecule has 0 fully saturated rings. The molecule has 24 heavy (non-hydrogen) atoms. The molecule has 1 aromatic carbocycles. The van der Waals surface area contributed by atoms with Gasteiger partial charge in [-0.15, -0.1) is 0 Å². The number of carboxylic acids is 1. The third kappa shape index (κ3) is 3.37. The quantitative estimate of drug-likeness (QED) is 0.919. The Morgan fingerprint density at radius 2 is 2.00 bits per heavy atom. The van der Waals surface area contributed by atoms with Gasteiger partial charge >= 0.3 is 5.97 Å². The number of benzene rings is 1. The number of rotatable bonds is 4. The molecule has 3 rings (SSSR count). The highest BCUT2D eigenvalue weighted by molar-refractivity contribution is 5.68. The van der Waals surface area contributed by atoms with Crippen LogP contribution in [0.15, 0.2) is 30.3 Å². The van der Waals surface area contributed by atoms with Crippen LogP contribution in [0.1, 0.15) is 68.5 Å². The summed E-state index contributed by atoms with van der Waals surface area (Å²) < 4.78 is 2.13. The highest BCUT2D eigenvalue weighted by atomic mass is 16.4. The van der Waals surface area contributed by atoms with Crippen LogP contribution in [0, 0.1) is 0 Å². The average molecular weight is 326 g/mol. The van der Waals surface area contributed by atoms with Crippen LogP contribution in [0.25, 0.3) is 0 Å². The van der Waals surface area contributed by atoms with Gasteiger partial charge in [0.1, 0.15) is 0 Å². The smallest absolute Gasteiger partial charge is 0.303 e. The van der Waals surface area contributed by atoms with E-state index in [1.165, 1.54) is 16.8 Å². The summed E-state index contributed by atoms with van der Waals surface area (Å²) in [7, 11) is 0. The Bertz CT molecular complexity index is 726. The van der Waals surface area contributed by atoms with Gasteiger partial charge in [-0.2, -0.15) is 5.10 Å². The Balaban J connectivity index is 2.07. The van der Waals surface area contributed by atoms with E-state index in [-0.39, 0.29) is 17.9 Å². The topological polar surface area (TPSA) is 55.1 Å². The maximum absolute atomic E-state index is 11.3. The van der Waals surface area contributed by atoms with Crippen molar-refractivity contribution in [2.24, 2.45) is 0 Å². The number of carbonyl (C=O) groups is 1. The van der Waals surface area contributed by atoms with Gasteiger partial charge in [0.15, 0.2) is 0 Å². The molecule has 0 saturated carbocycles. The van der Waals surface area contributed by atoms with Crippen LogP contribution in [-0.4, -0.2) is 20.9 Å². The third-order valence-electron chi connectivity index (χ3n) is 4.74. The summed E-state index contributed by atoms with van der Waals surface area (Å²) in [5, 5.41) is 14.3. The molecule has 1 aliphatic rings. The number of carboxylic acid groups (broad SMARTS) is 1. The lowest BCUT2D eigenvalue weighted by Crippen LogP contribution is -2.27. The van der Waals surface area contributed by atoms with E-state index in [0.717, 1.165) is 31.4 Å². The fourth-order valence-electron chi connectivity index (χ4n) is 3.78. The van der Waals surface area contributed by atoms with Gasteiger partial charge in [0.05, 0.1) is 17.7 Å². The van der Waals surface area contributed by atoms with E-state index in [2.05, 4.69) is 37.6 Å². The minimum atomic E-state index is -0.720. The molecule has 1 heterocycles. The van der Waals surface area contributed by atoms with Crippen molar-refractivity contribution in [3.63, 3.8) is 0 Å². The Kier molecular flexibility index (Phi) is 4.48. The Hall–Kier alpha value is -2.10. The van der Waals surface area contributed by atoms with Crippen molar-refractivity contribution >= 4 is 5.97 Å². The molecular formula is C20H26N2O2. The Morgan fingerprint density at radius 3 is 2.62 bits per heavy atom. The fraction of sp³-hybridized carbons (Fsp3) is 0.500. The second-order valence-electron chi connectivity index (χ2n) is 7.74. The molecule has 4 heteroatoms. The lowest BCUT2D eigenvalue weighted by atomic mass is 9.82. The van der Waals surface area contributed by atoms with Gasteiger partial charge in [0, 0.05) is 17.7 Å². The molecule has 1 unspecified atom stereocenters. The summed E-state index contributed by atoms with van der Waals surface area (Å²) in [4.78, 5) is 11.3. The first kappa shape index (κ1) is 16.7. The van der Waals surface area contributed by atoms with Crippen LogP contribution in [0.2, 0.25) is 0 Å². The molecule has 0 bridgehead atoms. The van der Waals surface area contributed by atoms with Crippen LogP contribution in [0.4, 0.5) is 0 Å². The first-order valence-corrected chi connectivity index (χ1v) is 8.73. The van der Waals surface area contributed by atoms with Gasteiger partial charge in [-0.25, -0.2) is 0 Å². The minimum Gasteiger partial charge on any atom is -0.481 e. The monoisotopic (exact) mass is 326 g/mol. The van der Waals surface area contributed by atoms with Gasteiger partial charge in [0.25, 0.3) is 0 Å². The lowest BCUT2D eigenvalue weighted by molar-refractivity contribution is -0.137. The average Bonchev–Trinajstić information content (AvgIpc) is 2.88.